The highest BCUT2D eigenvalue weighted by atomic mass is 32.2. The maximum atomic E-state index is 13.0. The Morgan fingerprint density at radius 1 is 1.03 bits per heavy atom. The van der Waals surface area contributed by atoms with Crippen LogP contribution in [-0.4, -0.2) is 66.5 Å². The van der Waals surface area contributed by atoms with Crippen LogP contribution in [0, 0.1) is 0 Å². The molecule has 0 radical (unpaired) electrons. The number of hydrogen-bond donors (Lipinski definition) is 1. The van der Waals surface area contributed by atoms with Crippen molar-refractivity contribution in [2.45, 2.75) is 62.8 Å². The fraction of sp³-hybridized carbons (Fsp3) is 0.542. The average Bonchev–Trinajstić information content (AvgIpc) is 3.41. The number of carbonyl (C=O) groups is 1. The minimum atomic E-state index is -3.48. The molecule has 1 saturated heterocycles. The Morgan fingerprint density at radius 2 is 1.71 bits per heavy atom. The van der Waals surface area contributed by atoms with E-state index in [0.29, 0.717) is 47.7 Å². The minimum Gasteiger partial charge on any atom is -0.324 e. The van der Waals surface area contributed by atoms with Crippen molar-refractivity contribution >= 4 is 39.2 Å². The topological polar surface area (TPSA) is 102 Å². The molecule has 188 valence electrons. The molecule has 2 aromatic rings. The Morgan fingerprint density at radius 3 is 2.37 bits per heavy atom. The van der Waals surface area contributed by atoms with Gasteiger partial charge < -0.3 is 5.32 Å². The number of benzene rings is 1. The molecule has 3 aliphatic rings. The molecule has 1 aromatic heterocycles. The van der Waals surface area contributed by atoms with Gasteiger partial charge in [-0.05, 0) is 56.9 Å². The van der Waals surface area contributed by atoms with Gasteiger partial charge in [0.15, 0.2) is 5.82 Å². The molecule has 0 atom stereocenters. The zero-order chi connectivity index (χ0) is 24.6. The molecule has 5 rings (SSSR count). The first kappa shape index (κ1) is 23.8. The van der Waals surface area contributed by atoms with Crippen LogP contribution in [0.3, 0.4) is 0 Å². The second kappa shape index (κ2) is 9.62. The van der Waals surface area contributed by atoms with Crippen LogP contribution in [0.1, 0.15) is 51.9 Å². The van der Waals surface area contributed by atoms with Crippen molar-refractivity contribution < 1.29 is 13.2 Å². The summed E-state index contributed by atoms with van der Waals surface area (Å²) in [5.74, 6) is 1.11. The van der Waals surface area contributed by atoms with E-state index < -0.39 is 10.0 Å². The Labute approximate surface area is 207 Å². The highest BCUT2D eigenvalue weighted by Gasteiger charge is 2.39. The van der Waals surface area contributed by atoms with Gasteiger partial charge in [0.1, 0.15) is 5.69 Å². The third kappa shape index (κ3) is 4.42. The zero-order valence-electron chi connectivity index (χ0n) is 20.4. The summed E-state index contributed by atoms with van der Waals surface area (Å²) in [6.45, 7) is 3.68. The van der Waals surface area contributed by atoms with Crippen LogP contribution in [0.2, 0.25) is 0 Å². The van der Waals surface area contributed by atoms with Crippen molar-refractivity contribution in [1.29, 1.82) is 0 Å². The van der Waals surface area contributed by atoms with E-state index in [9.17, 15) is 13.2 Å². The van der Waals surface area contributed by atoms with Gasteiger partial charge in [0.2, 0.25) is 16.0 Å². The summed E-state index contributed by atoms with van der Waals surface area (Å²) >= 11 is 0. The fourth-order valence-electron chi connectivity index (χ4n) is 5.21. The molecule has 2 aliphatic heterocycles. The number of amides is 2. The molecule has 1 aliphatic carbocycles. The van der Waals surface area contributed by atoms with E-state index in [4.69, 9.17) is 4.98 Å². The number of anilines is 4. The number of carbonyl (C=O) groups excluding carboxylic acids is 1. The van der Waals surface area contributed by atoms with E-state index in [1.165, 1.54) is 0 Å². The first-order valence-electron chi connectivity index (χ1n) is 12.5. The molecule has 3 heterocycles. The molecule has 35 heavy (non-hydrogen) atoms. The average molecular weight is 500 g/mol. The Kier molecular flexibility index (Phi) is 6.54. The van der Waals surface area contributed by atoms with Crippen molar-refractivity contribution in [3.8, 4) is 0 Å². The van der Waals surface area contributed by atoms with E-state index in [-0.39, 0.29) is 12.1 Å². The normalized spacial score (nSPS) is 19.8. The lowest BCUT2D eigenvalue weighted by Gasteiger charge is -2.45. The molecule has 10 nitrogen and oxygen atoms in total. The summed E-state index contributed by atoms with van der Waals surface area (Å²) in [4.78, 5) is 24.1. The zero-order valence-corrected chi connectivity index (χ0v) is 21.2. The second-order valence-electron chi connectivity index (χ2n) is 9.36. The summed E-state index contributed by atoms with van der Waals surface area (Å²) in [5, 5.41) is 7.01. The SMILES string of the molecule is CCN1C(=O)N(C)c2cnc(Nc3ccc(S(=O)(=O)N4CCCCC4)cc3)nc2N1C1CCCC1. The quantitative estimate of drug-likeness (QED) is 0.642. The van der Waals surface area contributed by atoms with Gasteiger partial charge in [-0.1, -0.05) is 19.3 Å². The molecule has 2 fully saturated rings. The number of hydrazine groups is 1. The van der Waals surface area contributed by atoms with Crippen molar-refractivity contribution in [1.82, 2.24) is 19.3 Å². The van der Waals surface area contributed by atoms with E-state index in [1.807, 2.05) is 11.9 Å². The number of aromatic nitrogens is 2. The summed E-state index contributed by atoms with van der Waals surface area (Å²) in [7, 11) is -1.73. The van der Waals surface area contributed by atoms with Crippen molar-refractivity contribution in [3.63, 3.8) is 0 Å². The predicted octanol–water partition coefficient (Wildman–Crippen LogP) is 3.95. The number of rotatable bonds is 6. The van der Waals surface area contributed by atoms with Gasteiger partial charge in [-0.2, -0.15) is 9.29 Å². The third-order valence-corrected chi connectivity index (χ3v) is 9.04. The summed E-state index contributed by atoms with van der Waals surface area (Å²) < 4.78 is 27.4. The molecule has 0 spiro atoms. The maximum Gasteiger partial charge on any atom is 0.343 e. The monoisotopic (exact) mass is 499 g/mol. The molecule has 0 unspecified atom stereocenters. The van der Waals surface area contributed by atoms with Crippen LogP contribution in [0.4, 0.5) is 27.9 Å². The van der Waals surface area contributed by atoms with Gasteiger partial charge in [-0.3, -0.25) is 9.91 Å². The number of sulfonamides is 1. The summed E-state index contributed by atoms with van der Waals surface area (Å²) in [6.07, 6.45) is 8.88. The van der Waals surface area contributed by atoms with Gasteiger partial charge >= 0.3 is 6.03 Å². The smallest absolute Gasteiger partial charge is 0.324 e. The largest absolute Gasteiger partial charge is 0.343 e. The first-order valence-corrected chi connectivity index (χ1v) is 13.9. The summed E-state index contributed by atoms with van der Waals surface area (Å²) in [5.41, 5.74) is 1.38. The van der Waals surface area contributed by atoms with Gasteiger partial charge in [0.05, 0.1) is 17.1 Å². The van der Waals surface area contributed by atoms with Crippen LogP contribution in [0.15, 0.2) is 35.4 Å². The van der Waals surface area contributed by atoms with Gasteiger partial charge in [-0.25, -0.2) is 23.2 Å². The van der Waals surface area contributed by atoms with Crippen LogP contribution in [0.5, 0.6) is 0 Å². The van der Waals surface area contributed by atoms with Crippen LogP contribution in [-0.2, 0) is 10.0 Å². The van der Waals surface area contributed by atoms with Crippen LogP contribution < -0.4 is 15.2 Å². The maximum absolute atomic E-state index is 13.0. The van der Waals surface area contributed by atoms with Crippen LogP contribution >= 0.6 is 0 Å². The molecule has 2 amide bonds. The highest BCUT2D eigenvalue weighted by Crippen LogP contribution is 2.39. The molecule has 11 heteroatoms. The third-order valence-electron chi connectivity index (χ3n) is 7.13. The highest BCUT2D eigenvalue weighted by molar-refractivity contribution is 7.89. The van der Waals surface area contributed by atoms with E-state index in [2.05, 4.69) is 10.3 Å². The lowest BCUT2D eigenvalue weighted by molar-refractivity contribution is 0.191. The molecular weight excluding hydrogens is 466 g/mol. The second-order valence-corrected chi connectivity index (χ2v) is 11.3. The van der Waals surface area contributed by atoms with Gasteiger partial charge in [-0.15, -0.1) is 0 Å². The number of piperidine rings is 1. The lowest BCUT2D eigenvalue weighted by Crippen LogP contribution is -2.59. The standard InChI is InChI=1S/C24H33N7O3S/c1-3-30-24(32)28(2)21-17-25-23(27-22(21)31(30)19-9-5-6-10-19)26-18-11-13-20(14-12-18)35(33,34)29-15-7-4-8-16-29/h11-14,17,19H,3-10,15-16H2,1-2H3,(H,25,26,27). The van der Waals surface area contributed by atoms with E-state index in [0.717, 1.165) is 44.9 Å². The number of hydrogen-bond acceptors (Lipinski definition) is 7. The number of urea groups is 1. The summed E-state index contributed by atoms with van der Waals surface area (Å²) in [6, 6.07) is 6.88. The Bertz CT molecular complexity index is 1180. The van der Waals surface area contributed by atoms with E-state index >= 15 is 0 Å². The molecule has 1 saturated carbocycles. The van der Waals surface area contributed by atoms with Crippen molar-refractivity contribution in [3.05, 3.63) is 30.5 Å². The number of nitrogens with zero attached hydrogens (tertiary/aromatic N) is 6. The lowest BCUT2D eigenvalue weighted by atomic mass is 10.2. The van der Waals surface area contributed by atoms with Gasteiger partial charge in [0, 0.05) is 32.4 Å². The Hall–Kier alpha value is -2.92. The molecule has 1 aromatic carbocycles. The van der Waals surface area contributed by atoms with Crippen LogP contribution in [0.25, 0.3) is 0 Å². The Balaban J connectivity index is 1.40. The molecule has 0 bridgehead atoms. The van der Waals surface area contributed by atoms with Gasteiger partial charge in [0.25, 0.3) is 0 Å². The molecule has 1 N–H and O–H groups in total. The van der Waals surface area contributed by atoms with E-state index in [1.54, 1.807) is 51.7 Å². The minimum absolute atomic E-state index is 0.0817. The first-order chi connectivity index (χ1) is 16.9. The molecular formula is C24H33N7O3S. The fourth-order valence-corrected chi connectivity index (χ4v) is 6.73. The number of nitrogens with one attached hydrogen (secondary N) is 1. The number of fused-ring (bicyclic) bond motifs is 1. The van der Waals surface area contributed by atoms with Crippen molar-refractivity contribution in [2.24, 2.45) is 0 Å². The predicted molar refractivity (Wildman–Crippen MR) is 135 cm³/mol. The van der Waals surface area contributed by atoms with Crippen molar-refractivity contribution in [2.75, 3.05) is 41.9 Å².